The van der Waals surface area contributed by atoms with Crippen molar-refractivity contribution in [3.05, 3.63) is 0 Å². The van der Waals surface area contributed by atoms with Gasteiger partial charge in [0.15, 0.2) is 0 Å². The molecule has 1 saturated carbocycles. The van der Waals surface area contributed by atoms with Crippen LogP contribution in [0, 0.1) is 5.92 Å². The summed E-state index contributed by atoms with van der Waals surface area (Å²) in [5, 5.41) is 3.64. The average Bonchev–Trinajstić information content (AvgIpc) is 3.18. The average molecular weight is 253 g/mol. The summed E-state index contributed by atoms with van der Waals surface area (Å²) < 4.78 is 0. The molecule has 0 aromatic rings. The van der Waals surface area contributed by atoms with Gasteiger partial charge in [-0.2, -0.15) is 0 Å². The Kier molecular flexibility index (Phi) is 9.65. The molecule has 1 rings (SSSR count). The lowest BCUT2D eigenvalue weighted by Gasteiger charge is -2.11. The predicted octanol–water partition coefficient (Wildman–Crippen LogP) is 5.30. The second kappa shape index (κ2) is 10.8. The molecule has 1 aliphatic rings. The van der Waals surface area contributed by atoms with E-state index in [1.54, 1.807) is 0 Å². The van der Waals surface area contributed by atoms with Crippen molar-refractivity contribution >= 4 is 0 Å². The summed E-state index contributed by atoms with van der Waals surface area (Å²) in [5.41, 5.74) is 0. The van der Waals surface area contributed by atoms with Crippen LogP contribution in [-0.4, -0.2) is 12.6 Å². The minimum Gasteiger partial charge on any atom is -0.314 e. The predicted molar refractivity (Wildman–Crippen MR) is 82.0 cm³/mol. The molecular weight excluding hydrogens is 218 g/mol. The van der Waals surface area contributed by atoms with E-state index in [2.05, 4.69) is 19.2 Å². The van der Waals surface area contributed by atoms with Gasteiger partial charge in [-0.15, -0.1) is 0 Å². The minimum absolute atomic E-state index is 0.884. The molecule has 1 atom stereocenters. The first-order valence-electron chi connectivity index (χ1n) is 8.56. The van der Waals surface area contributed by atoms with Gasteiger partial charge >= 0.3 is 0 Å². The molecule has 0 spiro atoms. The summed E-state index contributed by atoms with van der Waals surface area (Å²) in [4.78, 5) is 0. The van der Waals surface area contributed by atoms with Gasteiger partial charge in [0.05, 0.1) is 0 Å². The van der Waals surface area contributed by atoms with Crippen molar-refractivity contribution in [3.8, 4) is 0 Å². The normalized spacial score (nSPS) is 17.0. The van der Waals surface area contributed by atoms with Crippen molar-refractivity contribution in [2.75, 3.05) is 6.54 Å². The molecule has 1 nitrogen and oxygen atoms in total. The van der Waals surface area contributed by atoms with Gasteiger partial charge in [0, 0.05) is 6.04 Å². The van der Waals surface area contributed by atoms with Gasteiger partial charge in [0.1, 0.15) is 0 Å². The number of nitrogens with one attached hydrogen (secondary N) is 1. The smallest absolute Gasteiger partial charge is 0.00683 e. The van der Waals surface area contributed by atoms with E-state index >= 15 is 0 Å². The lowest BCUT2D eigenvalue weighted by atomic mass is 10.0. The topological polar surface area (TPSA) is 12.0 Å². The molecule has 18 heavy (non-hydrogen) atoms. The Labute approximate surface area is 115 Å². The summed E-state index contributed by atoms with van der Waals surface area (Å²) in [7, 11) is 0. The molecule has 0 aromatic heterocycles. The Hall–Kier alpha value is -0.0400. The van der Waals surface area contributed by atoms with Crippen LogP contribution in [-0.2, 0) is 0 Å². The number of unbranched alkanes of at least 4 members (excludes halogenated alkanes) is 8. The van der Waals surface area contributed by atoms with E-state index in [0.717, 1.165) is 12.0 Å². The van der Waals surface area contributed by atoms with Crippen LogP contribution in [0.3, 0.4) is 0 Å². The van der Waals surface area contributed by atoms with Crippen molar-refractivity contribution in [1.82, 2.24) is 5.32 Å². The quantitative estimate of drug-likeness (QED) is 0.439. The van der Waals surface area contributed by atoms with Gasteiger partial charge in [-0.05, 0) is 31.7 Å². The lowest BCUT2D eigenvalue weighted by Crippen LogP contribution is -2.23. The highest BCUT2D eigenvalue weighted by Gasteiger charge is 2.20. The van der Waals surface area contributed by atoms with Gasteiger partial charge in [0.2, 0.25) is 0 Å². The zero-order valence-corrected chi connectivity index (χ0v) is 12.8. The zero-order chi connectivity index (χ0) is 13.1. The fraction of sp³-hybridized carbons (Fsp3) is 1.00. The largest absolute Gasteiger partial charge is 0.314 e. The maximum Gasteiger partial charge on any atom is 0.00683 e. The molecule has 0 heterocycles. The molecule has 0 saturated heterocycles. The molecule has 0 radical (unpaired) electrons. The highest BCUT2D eigenvalue weighted by molar-refractivity contribution is 4.81. The zero-order valence-electron chi connectivity index (χ0n) is 12.8. The van der Waals surface area contributed by atoms with Crippen molar-refractivity contribution < 1.29 is 0 Å². The molecule has 1 aliphatic carbocycles. The van der Waals surface area contributed by atoms with Gasteiger partial charge in [0.25, 0.3) is 0 Å². The van der Waals surface area contributed by atoms with Crippen LogP contribution in [0.25, 0.3) is 0 Å². The fourth-order valence-corrected chi connectivity index (χ4v) is 2.56. The van der Waals surface area contributed by atoms with Crippen molar-refractivity contribution in [1.29, 1.82) is 0 Å². The Bertz CT molecular complexity index is 174. The third-order valence-corrected chi connectivity index (χ3v) is 4.13. The van der Waals surface area contributed by atoms with Gasteiger partial charge in [-0.3, -0.25) is 0 Å². The third kappa shape index (κ3) is 9.94. The molecule has 0 amide bonds. The van der Waals surface area contributed by atoms with E-state index in [-0.39, 0.29) is 0 Å². The van der Waals surface area contributed by atoms with Crippen LogP contribution in [0.4, 0.5) is 0 Å². The summed E-state index contributed by atoms with van der Waals surface area (Å²) in [6.45, 7) is 5.95. The van der Waals surface area contributed by atoms with Crippen LogP contribution in [0.1, 0.15) is 90.9 Å². The number of hydrogen-bond acceptors (Lipinski definition) is 1. The number of hydrogen-bond donors (Lipinski definition) is 1. The van der Waals surface area contributed by atoms with Gasteiger partial charge in [-0.1, -0.05) is 71.6 Å². The summed E-state index contributed by atoms with van der Waals surface area (Å²) in [5.74, 6) is 0.884. The second-order valence-corrected chi connectivity index (χ2v) is 6.40. The molecular formula is C17H35N. The van der Waals surface area contributed by atoms with Crippen LogP contribution >= 0.6 is 0 Å². The van der Waals surface area contributed by atoms with E-state index in [1.165, 1.54) is 83.6 Å². The molecule has 1 N–H and O–H groups in total. The third-order valence-electron chi connectivity index (χ3n) is 4.13. The Morgan fingerprint density at radius 1 is 0.889 bits per heavy atom. The molecule has 0 bridgehead atoms. The minimum atomic E-state index is 0.884. The van der Waals surface area contributed by atoms with Crippen molar-refractivity contribution in [2.45, 2.75) is 96.9 Å². The summed E-state index contributed by atoms with van der Waals surface area (Å²) >= 11 is 0. The van der Waals surface area contributed by atoms with E-state index < -0.39 is 0 Å². The van der Waals surface area contributed by atoms with E-state index in [1.807, 2.05) is 0 Å². The van der Waals surface area contributed by atoms with Crippen molar-refractivity contribution in [3.63, 3.8) is 0 Å². The van der Waals surface area contributed by atoms with Crippen LogP contribution in [0.5, 0.6) is 0 Å². The Balaban J connectivity index is 1.71. The first kappa shape index (κ1) is 16.0. The highest BCUT2D eigenvalue weighted by Crippen LogP contribution is 2.19. The standard InChI is InChI=1S/C17H35N/c1-3-4-5-6-7-8-9-10-11-12-16(2)15-18-17-13-14-17/h16-18H,3-15H2,1-2H3. The monoisotopic (exact) mass is 253 g/mol. The molecule has 1 heteroatoms. The first-order chi connectivity index (χ1) is 8.83. The Morgan fingerprint density at radius 2 is 1.44 bits per heavy atom. The van der Waals surface area contributed by atoms with Crippen LogP contribution in [0.15, 0.2) is 0 Å². The van der Waals surface area contributed by atoms with E-state index in [4.69, 9.17) is 0 Å². The lowest BCUT2D eigenvalue weighted by molar-refractivity contribution is 0.448. The number of rotatable bonds is 13. The summed E-state index contributed by atoms with van der Waals surface area (Å²) in [6.07, 6.45) is 17.3. The maximum absolute atomic E-state index is 3.64. The highest BCUT2D eigenvalue weighted by atomic mass is 14.9. The van der Waals surface area contributed by atoms with Gasteiger partial charge in [-0.25, -0.2) is 0 Å². The van der Waals surface area contributed by atoms with Crippen LogP contribution in [0.2, 0.25) is 0 Å². The molecule has 0 aliphatic heterocycles. The van der Waals surface area contributed by atoms with Crippen LogP contribution < -0.4 is 5.32 Å². The summed E-state index contributed by atoms with van der Waals surface area (Å²) in [6, 6.07) is 0.885. The molecule has 108 valence electrons. The second-order valence-electron chi connectivity index (χ2n) is 6.40. The maximum atomic E-state index is 3.64. The Morgan fingerprint density at radius 3 is 2.00 bits per heavy atom. The van der Waals surface area contributed by atoms with E-state index in [0.29, 0.717) is 0 Å². The molecule has 0 aromatic carbocycles. The molecule has 1 fully saturated rings. The van der Waals surface area contributed by atoms with E-state index in [9.17, 15) is 0 Å². The first-order valence-corrected chi connectivity index (χ1v) is 8.56. The fourth-order valence-electron chi connectivity index (χ4n) is 2.56. The van der Waals surface area contributed by atoms with Gasteiger partial charge < -0.3 is 5.32 Å². The molecule has 1 unspecified atom stereocenters. The SMILES string of the molecule is CCCCCCCCCCCC(C)CNC1CC1. The van der Waals surface area contributed by atoms with Crippen molar-refractivity contribution in [2.24, 2.45) is 5.92 Å².